The molecule has 31 heavy (non-hydrogen) atoms. The number of hydrogen-bond acceptors (Lipinski definition) is 4. The first-order valence-electron chi connectivity index (χ1n) is 10.7. The maximum atomic E-state index is 12.9. The van der Waals surface area contributed by atoms with Gasteiger partial charge in [0, 0.05) is 44.0 Å². The Hall–Kier alpha value is -3.19. The van der Waals surface area contributed by atoms with Crippen LogP contribution in [0, 0.1) is 5.92 Å². The zero-order chi connectivity index (χ0) is 22.4. The molecule has 0 atom stereocenters. The number of hydrogen-bond donors (Lipinski definition) is 2. The number of nitrogens with one attached hydrogen (secondary N) is 1. The molecule has 0 radical (unpaired) electrons. The van der Waals surface area contributed by atoms with Crippen molar-refractivity contribution in [2.45, 2.75) is 39.8 Å². The minimum absolute atomic E-state index is 0.106. The van der Waals surface area contributed by atoms with E-state index in [1.165, 1.54) is 0 Å². The first-order chi connectivity index (χ1) is 14.9. The van der Waals surface area contributed by atoms with Gasteiger partial charge in [-0.3, -0.25) is 14.4 Å². The molecule has 0 aliphatic carbocycles. The average Bonchev–Trinajstić information content (AvgIpc) is 3.19. The van der Waals surface area contributed by atoms with Crippen molar-refractivity contribution >= 4 is 29.1 Å². The molecule has 0 saturated carbocycles. The Morgan fingerprint density at radius 2 is 1.84 bits per heavy atom. The zero-order valence-corrected chi connectivity index (χ0v) is 18.1. The summed E-state index contributed by atoms with van der Waals surface area (Å²) in [6.07, 6.45) is 1.42. The topological polar surface area (TPSA) is 95.7 Å². The van der Waals surface area contributed by atoms with Gasteiger partial charge in [0.15, 0.2) is 0 Å². The summed E-state index contributed by atoms with van der Waals surface area (Å²) in [5, 5.41) is 2.68. The van der Waals surface area contributed by atoms with Gasteiger partial charge in [-0.25, -0.2) is 0 Å². The van der Waals surface area contributed by atoms with Gasteiger partial charge in [-0.1, -0.05) is 38.1 Å². The highest BCUT2D eigenvalue weighted by molar-refractivity contribution is 6.39. The molecule has 0 unspecified atom stereocenters. The normalized spacial score (nSPS) is 13.5. The molecule has 3 N–H and O–H groups in total. The predicted octanol–water partition coefficient (Wildman–Crippen LogP) is 2.90. The van der Waals surface area contributed by atoms with E-state index in [0.29, 0.717) is 38.3 Å². The quantitative estimate of drug-likeness (QED) is 0.671. The lowest BCUT2D eigenvalue weighted by atomic mass is 10.1. The van der Waals surface area contributed by atoms with E-state index in [2.05, 4.69) is 5.32 Å². The van der Waals surface area contributed by atoms with Crippen molar-refractivity contribution in [1.29, 1.82) is 0 Å². The highest BCUT2D eigenvalue weighted by Gasteiger charge is 2.24. The van der Waals surface area contributed by atoms with Gasteiger partial charge >= 0.3 is 11.8 Å². The molecule has 3 rings (SSSR count). The van der Waals surface area contributed by atoms with E-state index in [4.69, 9.17) is 5.73 Å². The molecule has 2 aromatic carbocycles. The van der Waals surface area contributed by atoms with Crippen LogP contribution >= 0.6 is 0 Å². The monoisotopic (exact) mass is 422 g/mol. The lowest BCUT2D eigenvalue weighted by molar-refractivity contribution is -0.143. The van der Waals surface area contributed by atoms with E-state index in [1.807, 2.05) is 38.1 Å². The van der Waals surface area contributed by atoms with Crippen LogP contribution in [0.4, 0.5) is 11.4 Å². The first kappa shape index (κ1) is 22.5. The summed E-state index contributed by atoms with van der Waals surface area (Å²) in [7, 11) is 0. The Balaban J connectivity index is 1.67. The molecule has 1 saturated heterocycles. The summed E-state index contributed by atoms with van der Waals surface area (Å²) >= 11 is 0. The van der Waals surface area contributed by atoms with Gasteiger partial charge in [-0.05, 0) is 47.7 Å². The third-order valence-electron chi connectivity index (χ3n) is 5.18. The van der Waals surface area contributed by atoms with Crippen molar-refractivity contribution in [2.24, 2.45) is 11.7 Å². The second-order valence-electron chi connectivity index (χ2n) is 8.25. The van der Waals surface area contributed by atoms with E-state index in [9.17, 15) is 14.4 Å². The van der Waals surface area contributed by atoms with Gasteiger partial charge in [0.1, 0.15) is 0 Å². The van der Waals surface area contributed by atoms with E-state index in [0.717, 1.165) is 23.2 Å². The molecule has 1 aliphatic heterocycles. The van der Waals surface area contributed by atoms with Crippen LogP contribution in [0.3, 0.4) is 0 Å². The summed E-state index contributed by atoms with van der Waals surface area (Å²) in [5.74, 6) is -0.937. The van der Waals surface area contributed by atoms with Gasteiger partial charge in [-0.15, -0.1) is 0 Å². The smallest absolute Gasteiger partial charge is 0.313 e. The number of nitrogens with two attached hydrogens (primary N) is 1. The van der Waals surface area contributed by atoms with Crippen LogP contribution in [0.25, 0.3) is 0 Å². The maximum absolute atomic E-state index is 12.9. The maximum Gasteiger partial charge on any atom is 0.313 e. The summed E-state index contributed by atoms with van der Waals surface area (Å²) in [6, 6.07) is 14.7. The number of carbonyl (C=O) groups excluding carboxylic acids is 3. The lowest BCUT2D eigenvalue weighted by Gasteiger charge is -2.24. The van der Waals surface area contributed by atoms with Gasteiger partial charge in [0.2, 0.25) is 5.91 Å². The summed E-state index contributed by atoms with van der Waals surface area (Å²) < 4.78 is 0. The lowest BCUT2D eigenvalue weighted by Crippen LogP contribution is -2.41. The van der Waals surface area contributed by atoms with Crippen molar-refractivity contribution in [3.05, 3.63) is 59.7 Å². The Morgan fingerprint density at radius 1 is 1.13 bits per heavy atom. The Bertz CT molecular complexity index is 940. The largest absolute Gasteiger partial charge is 0.330 e. The minimum Gasteiger partial charge on any atom is -0.330 e. The van der Waals surface area contributed by atoms with Crippen LogP contribution in [-0.4, -0.2) is 35.7 Å². The van der Waals surface area contributed by atoms with Crippen molar-refractivity contribution in [3.8, 4) is 0 Å². The number of amides is 3. The molecule has 0 spiro atoms. The number of carbonyl (C=O) groups is 3. The molecule has 7 heteroatoms. The number of rotatable bonds is 7. The molecule has 1 fully saturated rings. The molecule has 164 valence electrons. The van der Waals surface area contributed by atoms with Gasteiger partial charge < -0.3 is 20.9 Å². The molecular weight excluding hydrogens is 392 g/mol. The summed E-state index contributed by atoms with van der Waals surface area (Å²) in [4.78, 5) is 40.7. The predicted molar refractivity (Wildman–Crippen MR) is 121 cm³/mol. The summed E-state index contributed by atoms with van der Waals surface area (Å²) in [5.41, 5.74) is 8.95. The fourth-order valence-electron chi connectivity index (χ4n) is 3.71. The minimum atomic E-state index is -0.680. The third kappa shape index (κ3) is 5.92. The molecule has 7 nitrogen and oxygen atoms in total. The van der Waals surface area contributed by atoms with Crippen LogP contribution < -0.4 is 16.0 Å². The van der Waals surface area contributed by atoms with Gasteiger partial charge in [0.05, 0.1) is 0 Å². The van der Waals surface area contributed by atoms with E-state index in [1.54, 1.807) is 34.1 Å². The standard InChI is InChI=1S/C24H30N4O3/c1-17(2)15-27(16-19-6-3-5-18(13-19)14-25)24(31)23(30)26-20-8-10-21(11-9-20)28-12-4-7-22(28)29/h3,5-6,8-11,13,17H,4,7,12,14-16,25H2,1-2H3,(H,26,30). The molecule has 3 amide bonds. The SMILES string of the molecule is CC(C)CN(Cc1cccc(CN)c1)C(=O)C(=O)Nc1ccc(N2CCCC2=O)cc1. The van der Waals surface area contributed by atoms with Gasteiger partial charge in [-0.2, -0.15) is 0 Å². The number of nitrogens with zero attached hydrogens (tertiary/aromatic N) is 2. The second-order valence-corrected chi connectivity index (χ2v) is 8.25. The highest BCUT2D eigenvalue weighted by atomic mass is 16.2. The number of benzene rings is 2. The van der Waals surface area contributed by atoms with Crippen LogP contribution in [0.1, 0.15) is 37.8 Å². The first-order valence-corrected chi connectivity index (χ1v) is 10.7. The Labute approximate surface area is 183 Å². The van der Waals surface area contributed by atoms with E-state index in [-0.39, 0.29) is 11.8 Å². The second kappa shape index (κ2) is 10.2. The zero-order valence-electron chi connectivity index (χ0n) is 18.1. The van der Waals surface area contributed by atoms with Crippen LogP contribution in [-0.2, 0) is 27.5 Å². The van der Waals surface area contributed by atoms with Crippen molar-refractivity contribution in [2.75, 3.05) is 23.3 Å². The molecule has 2 aromatic rings. The average molecular weight is 423 g/mol. The van der Waals surface area contributed by atoms with Crippen molar-refractivity contribution in [1.82, 2.24) is 4.90 Å². The van der Waals surface area contributed by atoms with Crippen molar-refractivity contribution in [3.63, 3.8) is 0 Å². The van der Waals surface area contributed by atoms with E-state index < -0.39 is 11.8 Å². The van der Waals surface area contributed by atoms with Gasteiger partial charge in [0.25, 0.3) is 0 Å². The molecule has 1 heterocycles. The number of anilines is 2. The molecular formula is C24H30N4O3. The fraction of sp³-hybridized carbons (Fsp3) is 0.375. The van der Waals surface area contributed by atoms with Crippen molar-refractivity contribution < 1.29 is 14.4 Å². The molecule has 0 bridgehead atoms. The third-order valence-corrected chi connectivity index (χ3v) is 5.18. The van der Waals surface area contributed by atoms with Crippen LogP contribution in [0.5, 0.6) is 0 Å². The van der Waals surface area contributed by atoms with Crippen LogP contribution in [0.2, 0.25) is 0 Å². The fourth-order valence-corrected chi connectivity index (χ4v) is 3.71. The Morgan fingerprint density at radius 3 is 2.45 bits per heavy atom. The summed E-state index contributed by atoms with van der Waals surface area (Å²) in [6.45, 7) is 5.95. The molecule has 0 aromatic heterocycles. The highest BCUT2D eigenvalue weighted by Crippen LogP contribution is 2.23. The van der Waals surface area contributed by atoms with E-state index >= 15 is 0 Å². The van der Waals surface area contributed by atoms with Crippen LogP contribution in [0.15, 0.2) is 48.5 Å². The molecule has 1 aliphatic rings. The Kier molecular flexibility index (Phi) is 7.41.